The number of carboxylic acids is 2. The molecule has 0 aliphatic heterocycles. The van der Waals surface area contributed by atoms with Crippen molar-refractivity contribution in [1.82, 2.24) is 10.6 Å². The quantitative estimate of drug-likeness (QED) is 0.376. The summed E-state index contributed by atoms with van der Waals surface area (Å²) in [7, 11) is 0. The van der Waals surface area contributed by atoms with E-state index in [-0.39, 0.29) is 0 Å². The fourth-order valence-corrected chi connectivity index (χ4v) is 1.02. The molecule has 2 amide bonds. The molecule has 0 aromatic carbocycles. The molecule has 0 aliphatic rings. The minimum Gasteiger partial charge on any atom is -0.481 e. The van der Waals surface area contributed by atoms with Crippen LogP contribution < -0.4 is 10.6 Å². The van der Waals surface area contributed by atoms with Gasteiger partial charge in [-0.1, -0.05) is 12.2 Å². The van der Waals surface area contributed by atoms with Crippen molar-refractivity contribution in [3.8, 4) is 0 Å². The van der Waals surface area contributed by atoms with Crippen LogP contribution in [0.2, 0.25) is 0 Å². The third-order valence-corrected chi connectivity index (χ3v) is 1.81. The molecule has 0 saturated heterocycles. The molecule has 0 aliphatic carbocycles. The molecule has 7 nitrogen and oxygen atoms in total. The molecule has 7 heteroatoms. The molecule has 0 spiro atoms. The number of hydrogen-bond acceptors (Lipinski definition) is 3. The van der Waals surface area contributed by atoms with Crippen LogP contribution in [0.5, 0.6) is 0 Å². The van der Waals surface area contributed by atoms with Gasteiger partial charge in [-0.25, -0.2) is 9.59 Å². The highest BCUT2D eigenvalue weighted by Crippen LogP contribution is 1.92. The second-order valence-corrected chi connectivity index (χ2v) is 3.25. The van der Waals surface area contributed by atoms with Crippen LogP contribution in [0.1, 0.15) is 19.8 Å². The van der Waals surface area contributed by atoms with Gasteiger partial charge >= 0.3 is 18.0 Å². The monoisotopic (exact) mass is 244 g/mol. The van der Waals surface area contributed by atoms with Gasteiger partial charge in [0.25, 0.3) is 0 Å². The fraction of sp³-hybridized carbons (Fsp3) is 0.500. The van der Waals surface area contributed by atoms with Crippen LogP contribution >= 0.6 is 0 Å². The first-order valence-electron chi connectivity index (χ1n) is 5.07. The Kier molecular flexibility index (Phi) is 7.16. The van der Waals surface area contributed by atoms with Gasteiger partial charge < -0.3 is 20.8 Å². The molecule has 17 heavy (non-hydrogen) atoms. The molecule has 4 N–H and O–H groups in total. The number of urea groups is 1. The second-order valence-electron chi connectivity index (χ2n) is 3.25. The summed E-state index contributed by atoms with van der Waals surface area (Å²) in [6, 6.07) is -2.11. The number of aliphatic carboxylic acids is 2. The van der Waals surface area contributed by atoms with Gasteiger partial charge in [-0.3, -0.25) is 4.79 Å². The summed E-state index contributed by atoms with van der Waals surface area (Å²) in [5, 5.41) is 21.6. The lowest BCUT2D eigenvalue weighted by Crippen LogP contribution is -2.47. The van der Waals surface area contributed by atoms with Crippen LogP contribution in [0, 0.1) is 0 Å². The molecule has 96 valence electrons. The molecule has 1 atom stereocenters. The molecule has 0 radical (unpaired) electrons. The van der Waals surface area contributed by atoms with Gasteiger partial charge in [-0.2, -0.15) is 0 Å². The first kappa shape index (κ1) is 14.9. The van der Waals surface area contributed by atoms with Crippen LogP contribution in [0.25, 0.3) is 0 Å². The maximum absolute atomic E-state index is 11.2. The van der Waals surface area contributed by atoms with Crippen LogP contribution in [0.15, 0.2) is 12.2 Å². The van der Waals surface area contributed by atoms with Gasteiger partial charge in [0.05, 0.1) is 6.42 Å². The van der Waals surface area contributed by atoms with E-state index in [0.29, 0.717) is 13.0 Å². The lowest BCUT2D eigenvalue weighted by Gasteiger charge is -2.12. The first-order valence-corrected chi connectivity index (χ1v) is 5.07. The average Bonchev–Trinajstić information content (AvgIpc) is 2.22. The van der Waals surface area contributed by atoms with Crippen LogP contribution in [0.3, 0.4) is 0 Å². The van der Waals surface area contributed by atoms with Crippen molar-refractivity contribution < 1.29 is 24.6 Å². The van der Waals surface area contributed by atoms with Gasteiger partial charge in [-0.05, 0) is 13.3 Å². The van der Waals surface area contributed by atoms with E-state index in [1.54, 1.807) is 0 Å². The molecule has 0 aromatic rings. The summed E-state index contributed by atoms with van der Waals surface area (Å²) in [5.74, 6) is -2.66. The van der Waals surface area contributed by atoms with Crippen LogP contribution in [0.4, 0.5) is 4.79 Å². The van der Waals surface area contributed by atoms with Crippen LogP contribution in [-0.2, 0) is 9.59 Å². The van der Waals surface area contributed by atoms with Gasteiger partial charge in [-0.15, -0.1) is 0 Å². The maximum atomic E-state index is 11.2. The Labute approximate surface area is 98.5 Å². The lowest BCUT2D eigenvalue weighted by molar-refractivity contribution is -0.145. The van der Waals surface area contributed by atoms with Crippen molar-refractivity contribution in [2.45, 2.75) is 25.8 Å². The molecule has 0 aromatic heterocycles. The predicted octanol–water partition coefficient (Wildman–Crippen LogP) is 0.180. The number of hydrogen-bond donors (Lipinski definition) is 4. The van der Waals surface area contributed by atoms with E-state index in [4.69, 9.17) is 10.2 Å². The van der Waals surface area contributed by atoms with Crippen molar-refractivity contribution in [1.29, 1.82) is 0 Å². The summed E-state index contributed by atoms with van der Waals surface area (Å²) >= 11 is 0. The number of carbonyl (C=O) groups is 3. The van der Waals surface area contributed by atoms with E-state index in [1.165, 1.54) is 0 Å². The van der Waals surface area contributed by atoms with E-state index in [9.17, 15) is 14.4 Å². The topological polar surface area (TPSA) is 116 Å². The summed E-state index contributed by atoms with van der Waals surface area (Å²) in [6.07, 6.45) is 3.63. The summed E-state index contributed by atoms with van der Waals surface area (Å²) in [4.78, 5) is 32.2. The highest BCUT2D eigenvalue weighted by atomic mass is 16.4. The number of amides is 2. The molecule has 0 fully saturated rings. The second kappa shape index (κ2) is 8.14. The van der Waals surface area contributed by atoms with Gasteiger partial charge in [0.15, 0.2) is 0 Å². The van der Waals surface area contributed by atoms with Crippen molar-refractivity contribution >= 4 is 18.0 Å². The third kappa shape index (κ3) is 7.83. The van der Waals surface area contributed by atoms with E-state index in [0.717, 1.165) is 0 Å². The minimum absolute atomic E-state index is 0.357. The summed E-state index contributed by atoms with van der Waals surface area (Å²) in [6.45, 7) is 2.20. The van der Waals surface area contributed by atoms with Crippen molar-refractivity contribution in [3.63, 3.8) is 0 Å². The Hall–Kier alpha value is -2.05. The average molecular weight is 244 g/mol. The Bertz CT molecular complexity index is 314. The van der Waals surface area contributed by atoms with Gasteiger partial charge in [0.2, 0.25) is 0 Å². The van der Waals surface area contributed by atoms with E-state index in [2.05, 4.69) is 10.6 Å². The van der Waals surface area contributed by atoms with Crippen molar-refractivity contribution in [2.75, 3.05) is 6.54 Å². The molecular weight excluding hydrogens is 228 g/mol. The summed E-state index contributed by atoms with van der Waals surface area (Å²) in [5.41, 5.74) is 0. The molecule has 0 unspecified atom stereocenters. The number of carboxylic acid groups (broad SMARTS) is 2. The number of nitrogens with one attached hydrogen (secondary N) is 2. The summed E-state index contributed by atoms with van der Waals surface area (Å²) < 4.78 is 0. The zero-order valence-electron chi connectivity index (χ0n) is 9.47. The zero-order chi connectivity index (χ0) is 13.3. The predicted molar refractivity (Wildman–Crippen MR) is 59.6 cm³/mol. The first-order chi connectivity index (χ1) is 7.97. The standard InChI is InChI=1S/C10H16N2O5/c1-2-3-4-5-11-10(17)12-7(9(15)16)6-8(13)14/h2-3,7H,4-6H2,1H3,(H,13,14)(H,15,16)(H2,11,12,17)/b3-2+/t7-/m1/s1. The zero-order valence-corrected chi connectivity index (χ0v) is 9.47. The largest absolute Gasteiger partial charge is 0.481 e. The highest BCUT2D eigenvalue weighted by Gasteiger charge is 2.22. The van der Waals surface area contributed by atoms with Crippen molar-refractivity contribution in [3.05, 3.63) is 12.2 Å². The lowest BCUT2D eigenvalue weighted by atomic mass is 10.2. The van der Waals surface area contributed by atoms with Gasteiger partial charge in [0.1, 0.15) is 6.04 Å². The molecule has 0 rings (SSSR count). The molecular formula is C10H16N2O5. The smallest absolute Gasteiger partial charge is 0.326 e. The Morgan fingerprint density at radius 1 is 1.29 bits per heavy atom. The van der Waals surface area contributed by atoms with Crippen molar-refractivity contribution in [2.24, 2.45) is 0 Å². The molecule has 0 heterocycles. The van der Waals surface area contributed by atoms with Gasteiger partial charge in [0, 0.05) is 6.54 Å². The Morgan fingerprint density at radius 3 is 2.41 bits per heavy atom. The number of rotatable bonds is 7. The molecule has 0 saturated carbocycles. The van der Waals surface area contributed by atoms with E-state index < -0.39 is 30.4 Å². The fourth-order valence-electron chi connectivity index (χ4n) is 1.02. The minimum atomic E-state index is -1.42. The molecule has 0 bridgehead atoms. The van der Waals surface area contributed by atoms with E-state index >= 15 is 0 Å². The SMILES string of the molecule is C/C=C/CCNC(=O)N[C@H](CC(=O)O)C(=O)O. The number of carbonyl (C=O) groups excluding carboxylic acids is 1. The van der Waals surface area contributed by atoms with E-state index in [1.807, 2.05) is 19.1 Å². The third-order valence-electron chi connectivity index (χ3n) is 1.81. The maximum Gasteiger partial charge on any atom is 0.326 e. The Balaban J connectivity index is 4.04. The van der Waals surface area contributed by atoms with Crippen LogP contribution in [-0.4, -0.2) is 40.8 Å². The normalized spacial score (nSPS) is 12.1. The number of allylic oxidation sites excluding steroid dienone is 1. The highest BCUT2D eigenvalue weighted by molar-refractivity contribution is 5.86. The Morgan fingerprint density at radius 2 is 1.94 bits per heavy atom.